The van der Waals surface area contributed by atoms with Crippen molar-refractivity contribution in [1.82, 2.24) is 15.1 Å². The molecule has 114 valence electrons. The maximum absolute atomic E-state index is 12.3. The first-order valence-corrected chi connectivity index (χ1v) is 6.84. The molecular weight excluding hydrogens is 286 g/mol. The summed E-state index contributed by atoms with van der Waals surface area (Å²) in [6.45, 7) is 0.310. The van der Waals surface area contributed by atoms with Gasteiger partial charge in [0.2, 0.25) is 0 Å². The fraction of sp³-hybridized carbons (Fsp3) is 0.267. The first-order valence-electron chi connectivity index (χ1n) is 6.84. The number of nitrogens with zero attached hydrogens (tertiary/aromatic N) is 2. The smallest absolute Gasteiger partial charge is 0.331 e. The highest BCUT2D eigenvalue weighted by atomic mass is 16.5. The number of hydrogen-bond donors (Lipinski definition) is 2. The van der Waals surface area contributed by atoms with Crippen molar-refractivity contribution in [3.05, 3.63) is 48.3 Å². The molecular formula is C15H15N3O4. The second kappa shape index (κ2) is 5.61. The van der Waals surface area contributed by atoms with Gasteiger partial charge in [0, 0.05) is 31.0 Å². The molecule has 7 nitrogen and oxygen atoms in total. The lowest BCUT2D eigenvalue weighted by atomic mass is 9.98. The molecule has 7 heteroatoms. The van der Waals surface area contributed by atoms with E-state index in [2.05, 4.69) is 10.4 Å². The summed E-state index contributed by atoms with van der Waals surface area (Å²) in [5.41, 5.74) is -0.125. The zero-order valence-corrected chi connectivity index (χ0v) is 11.7. The third-order valence-electron chi connectivity index (χ3n) is 3.68. The summed E-state index contributed by atoms with van der Waals surface area (Å²) in [6, 6.07) is 8.58. The lowest BCUT2D eigenvalue weighted by Crippen LogP contribution is -2.55. The number of benzene rings is 1. The summed E-state index contributed by atoms with van der Waals surface area (Å²) in [6.07, 6.45) is 3.72. The van der Waals surface area contributed by atoms with Crippen LogP contribution in [0.5, 0.6) is 0 Å². The van der Waals surface area contributed by atoms with E-state index in [4.69, 9.17) is 4.74 Å². The molecule has 22 heavy (non-hydrogen) atoms. The number of rotatable bonds is 4. The molecule has 1 aliphatic rings. The minimum absolute atomic E-state index is 0.0144. The molecule has 1 saturated heterocycles. The van der Waals surface area contributed by atoms with Crippen molar-refractivity contribution in [3.63, 3.8) is 0 Å². The van der Waals surface area contributed by atoms with Gasteiger partial charge < -0.3 is 15.2 Å². The summed E-state index contributed by atoms with van der Waals surface area (Å²) < 4.78 is 6.79. The molecule has 0 aliphatic carbocycles. The predicted octanol–water partition coefficient (Wildman–Crippen LogP) is 0.846. The van der Waals surface area contributed by atoms with Crippen LogP contribution in [0.15, 0.2) is 42.7 Å². The number of aromatic nitrogens is 2. The van der Waals surface area contributed by atoms with Crippen molar-refractivity contribution in [1.29, 1.82) is 0 Å². The molecule has 1 unspecified atom stereocenters. The third-order valence-corrected chi connectivity index (χ3v) is 3.68. The molecule has 1 atom stereocenters. The fourth-order valence-electron chi connectivity index (χ4n) is 2.36. The fourth-order valence-corrected chi connectivity index (χ4v) is 2.36. The van der Waals surface area contributed by atoms with Crippen LogP contribution in [-0.2, 0) is 9.53 Å². The van der Waals surface area contributed by atoms with Gasteiger partial charge in [0.1, 0.15) is 0 Å². The Hall–Kier alpha value is -2.67. The van der Waals surface area contributed by atoms with Crippen LogP contribution >= 0.6 is 0 Å². The van der Waals surface area contributed by atoms with Gasteiger partial charge in [0.05, 0.1) is 12.3 Å². The monoisotopic (exact) mass is 301 g/mol. The Bertz CT molecular complexity index is 673. The van der Waals surface area contributed by atoms with Crippen LogP contribution in [0, 0.1) is 0 Å². The van der Waals surface area contributed by atoms with Crippen LogP contribution in [0.4, 0.5) is 0 Å². The molecule has 0 bridgehead atoms. The molecule has 1 fully saturated rings. The standard InChI is InChI=1S/C15H15N3O4/c19-13(17-15(14(20)21)6-9-22-10-15)11-2-4-12(5-3-11)18-8-1-7-16-18/h1-5,7-8H,6,9-10H2,(H,17,19)(H,20,21). The molecule has 1 amide bonds. The largest absolute Gasteiger partial charge is 0.479 e. The number of carbonyl (C=O) groups is 2. The molecule has 1 aromatic heterocycles. The Kier molecular flexibility index (Phi) is 3.64. The zero-order valence-electron chi connectivity index (χ0n) is 11.7. The average Bonchev–Trinajstić information content (AvgIpc) is 3.19. The molecule has 2 aromatic rings. The molecule has 0 saturated carbocycles. The van der Waals surface area contributed by atoms with Gasteiger partial charge in [0.15, 0.2) is 5.54 Å². The molecule has 1 aliphatic heterocycles. The molecule has 0 spiro atoms. The lowest BCUT2D eigenvalue weighted by Gasteiger charge is -2.23. The molecule has 2 heterocycles. The SMILES string of the molecule is O=C(NC1(C(=O)O)CCOC1)c1ccc(-n2cccn2)cc1. The van der Waals surface area contributed by atoms with E-state index in [9.17, 15) is 14.7 Å². The van der Waals surface area contributed by atoms with Crippen LogP contribution in [0.1, 0.15) is 16.8 Å². The van der Waals surface area contributed by atoms with Gasteiger partial charge in [-0.3, -0.25) is 4.79 Å². The highest BCUT2D eigenvalue weighted by Gasteiger charge is 2.44. The van der Waals surface area contributed by atoms with Crippen LogP contribution in [-0.4, -0.2) is 45.5 Å². The predicted molar refractivity (Wildman–Crippen MR) is 76.8 cm³/mol. The second-order valence-corrected chi connectivity index (χ2v) is 5.14. The van der Waals surface area contributed by atoms with Gasteiger partial charge >= 0.3 is 5.97 Å². The van der Waals surface area contributed by atoms with Crippen molar-refractivity contribution >= 4 is 11.9 Å². The second-order valence-electron chi connectivity index (χ2n) is 5.14. The van der Waals surface area contributed by atoms with Gasteiger partial charge in [-0.2, -0.15) is 5.10 Å². The Balaban J connectivity index is 1.76. The number of carboxylic acids is 1. The zero-order chi connectivity index (χ0) is 15.6. The summed E-state index contributed by atoms with van der Waals surface area (Å²) in [5, 5.41) is 16.0. The molecule has 2 N–H and O–H groups in total. The Morgan fingerprint density at radius 1 is 1.32 bits per heavy atom. The number of ether oxygens (including phenoxy) is 1. The number of amides is 1. The maximum Gasteiger partial charge on any atom is 0.331 e. The van der Waals surface area contributed by atoms with E-state index >= 15 is 0 Å². The van der Waals surface area contributed by atoms with Crippen molar-refractivity contribution in [2.75, 3.05) is 13.2 Å². The van der Waals surface area contributed by atoms with Crippen LogP contribution < -0.4 is 5.32 Å². The first kappa shape index (κ1) is 14.3. The average molecular weight is 301 g/mol. The van der Waals surface area contributed by atoms with E-state index < -0.39 is 17.4 Å². The summed E-state index contributed by atoms with van der Waals surface area (Å²) >= 11 is 0. The van der Waals surface area contributed by atoms with E-state index in [1.54, 1.807) is 47.4 Å². The maximum atomic E-state index is 12.3. The first-order chi connectivity index (χ1) is 10.6. The Morgan fingerprint density at radius 2 is 2.09 bits per heavy atom. The van der Waals surface area contributed by atoms with E-state index in [-0.39, 0.29) is 13.0 Å². The molecule has 1 aromatic carbocycles. The van der Waals surface area contributed by atoms with Gasteiger partial charge in [-0.15, -0.1) is 0 Å². The lowest BCUT2D eigenvalue weighted by molar-refractivity contribution is -0.144. The number of carboxylic acid groups (broad SMARTS) is 1. The number of nitrogens with one attached hydrogen (secondary N) is 1. The van der Waals surface area contributed by atoms with E-state index in [0.29, 0.717) is 12.2 Å². The Labute approximate surface area is 126 Å². The minimum atomic E-state index is -1.34. The van der Waals surface area contributed by atoms with Crippen molar-refractivity contribution < 1.29 is 19.4 Å². The topological polar surface area (TPSA) is 93.5 Å². The highest BCUT2D eigenvalue weighted by molar-refractivity contribution is 5.98. The van der Waals surface area contributed by atoms with Crippen molar-refractivity contribution in [3.8, 4) is 5.69 Å². The van der Waals surface area contributed by atoms with Crippen molar-refractivity contribution in [2.45, 2.75) is 12.0 Å². The van der Waals surface area contributed by atoms with Gasteiger partial charge in [-0.25, -0.2) is 9.48 Å². The van der Waals surface area contributed by atoms with E-state index in [1.807, 2.05) is 0 Å². The highest BCUT2D eigenvalue weighted by Crippen LogP contribution is 2.20. The van der Waals surface area contributed by atoms with Crippen LogP contribution in [0.25, 0.3) is 5.69 Å². The summed E-state index contributed by atoms with van der Waals surface area (Å²) in [4.78, 5) is 23.6. The number of hydrogen-bond acceptors (Lipinski definition) is 4. The summed E-state index contributed by atoms with van der Waals surface area (Å²) in [7, 11) is 0. The van der Waals surface area contributed by atoms with Gasteiger partial charge in [-0.1, -0.05) is 0 Å². The van der Waals surface area contributed by atoms with Crippen molar-refractivity contribution in [2.24, 2.45) is 0 Å². The third kappa shape index (κ3) is 2.58. The minimum Gasteiger partial charge on any atom is -0.479 e. The molecule has 0 radical (unpaired) electrons. The van der Waals surface area contributed by atoms with Crippen LogP contribution in [0.2, 0.25) is 0 Å². The van der Waals surface area contributed by atoms with Gasteiger partial charge in [-0.05, 0) is 30.3 Å². The number of aliphatic carboxylic acids is 1. The quantitative estimate of drug-likeness (QED) is 0.873. The van der Waals surface area contributed by atoms with Crippen LogP contribution in [0.3, 0.4) is 0 Å². The normalized spacial score (nSPS) is 20.7. The Morgan fingerprint density at radius 3 is 2.64 bits per heavy atom. The van der Waals surface area contributed by atoms with Gasteiger partial charge in [0.25, 0.3) is 5.91 Å². The van der Waals surface area contributed by atoms with E-state index in [1.165, 1.54) is 0 Å². The van der Waals surface area contributed by atoms with E-state index in [0.717, 1.165) is 5.69 Å². The summed E-state index contributed by atoms with van der Waals surface area (Å²) in [5.74, 6) is -1.51. The number of carbonyl (C=O) groups excluding carboxylic acids is 1. The molecule has 3 rings (SSSR count).